The second-order valence-electron chi connectivity index (χ2n) is 4.69. The zero-order chi connectivity index (χ0) is 12.4. The van der Waals surface area contributed by atoms with Gasteiger partial charge in [-0.2, -0.15) is 0 Å². The van der Waals surface area contributed by atoms with Crippen molar-refractivity contribution in [2.45, 2.75) is 25.8 Å². The van der Waals surface area contributed by atoms with E-state index in [2.05, 4.69) is 22.9 Å². The van der Waals surface area contributed by atoms with E-state index in [9.17, 15) is 9.90 Å². The van der Waals surface area contributed by atoms with Crippen LogP contribution in [0.4, 0.5) is 4.79 Å². The van der Waals surface area contributed by atoms with Crippen molar-refractivity contribution in [1.29, 1.82) is 0 Å². The molecule has 4 heteroatoms. The van der Waals surface area contributed by atoms with Gasteiger partial charge in [-0.25, -0.2) is 4.79 Å². The molecule has 0 radical (unpaired) electrons. The minimum Gasteiger partial charge on any atom is -0.465 e. The Morgan fingerprint density at radius 1 is 1.47 bits per heavy atom. The number of likely N-dealkylation sites (tertiary alicyclic amines) is 1. The minimum absolute atomic E-state index is 0.00111. The molecule has 0 spiro atoms. The van der Waals surface area contributed by atoms with Gasteiger partial charge in [0, 0.05) is 11.0 Å². The van der Waals surface area contributed by atoms with Gasteiger partial charge in [-0.1, -0.05) is 35.0 Å². The van der Waals surface area contributed by atoms with Crippen molar-refractivity contribution in [2.24, 2.45) is 5.92 Å². The number of halogens is 1. The summed E-state index contributed by atoms with van der Waals surface area (Å²) < 4.78 is 0.999. The number of hydrogen-bond donors (Lipinski definition) is 1. The maximum absolute atomic E-state index is 11.3. The van der Waals surface area contributed by atoms with Gasteiger partial charge in [-0.05, 0) is 36.5 Å². The maximum Gasteiger partial charge on any atom is 0.407 e. The lowest BCUT2D eigenvalue weighted by molar-refractivity contribution is 0.0900. The van der Waals surface area contributed by atoms with Crippen LogP contribution in [0.5, 0.6) is 0 Å². The molecule has 0 saturated carbocycles. The number of benzene rings is 1. The van der Waals surface area contributed by atoms with Gasteiger partial charge in [0.2, 0.25) is 0 Å². The minimum atomic E-state index is -0.818. The van der Waals surface area contributed by atoms with Crippen LogP contribution in [-0.4, -0.2) is 22.6 Å². The summed E-state index contributed by atoms with van der Waals surface area (Å²) in [5, 5.41) is 9.27. The molecule has 1 amide bonds. The number of rotatable bonds is 1. The molecule has 0 aromatic heterocycles. The van der Waals surface area contributed by atoms with Gasteiger partial charge >= 0.3 is 6.09 Å². The lowest BCUT2D eigenvalue weighted by Crippen LogP contribution is -2.40. The second kappa shape index (κ2) is 5.08. The summed E-state index contributed by atoms with van der Waals surface area (Å²) in [6.07, 6.45) is 1.17. The van der Waals surface area contributed by atoms with Crippen LogP contribution in [0.2, 0.25) is 0 Å². The van der Waals surface area contributed by atoms with Crippen molar-refractivity contribution in [3.63, 3.8) is 0 Å². The highest BCUT2D eigenvalue weighted by molar-refractivity contribution is 9.10. The molecule has 0 bridgehead atoms. The molecule has 1 aromatic rings. The summed E-state index contributed by atoms with van der Waals surface area (Å²) in [5.41, 5.74) is 1.08. The molecule has 17 heavy (non-hydrogen) atoms. The third-order valence-electron chi connectivity index (χ3n) is 3.30. The number of amides is 1. The fourth-order valence-corrected chi connectivity index (χ4v) is 2.84. The average Bonchev–Trinajstić information content (AvgIpc) is 2.28. The highest BCUT2D eigenvalue weighted by Crippen LogP contribution is 2.34. The predicted molar refractivity (Wildman–Crippen MR) is 70.0 cm³/mol. The predicted octanol–water partition coefficient (Wildman–Crippen LogP) is 3.90. The van der Waals surface area contributed by atoms with E-state index in [-0.39, 0.29) is 6.04 Å². The summed E-state index contributed by atoms with van der Waals surface area (Å²) in [5.74, 6) is 0.453. The summed E-state index contributed by atoms with van der Waals surface area (Å²) in [4.78, 5) is 12.8. The first-order valence-electron chi connectivity index (χ1n) is 5.83. The van der Waals surface area contributed by atoms with E-state index in [1.807, 2.05) is 24.3 Å². The van der Waals surface area contributed by atoms with Crippen LogP contribution < -0.4 is 0 Å². The maximum atomic E-state index is 11.3. The smallest absolute Gasteiger partial charge is 0.407 e. The Balaban J connectivity index is 2.26. The number of piperidine rings is 1. The topological polar surface area (TPSA) is 40.5 Å². The van der Waals surface area contributed by atoms with Gasteiger partial charge in [0.25, 0.3) is 0 Å². The molecular weight excluding hydrogens is 282 g/mol. The van der Waals surface area contributed by atoms with Crippen LogP contribution >= 0.6 is 15.9 Å². The van der Waals surface area contributed by atoms with Crippen LogP contribution in [0.1, 0.15) is 31.4 Å². The van der Waals surface area contributed by atoms with E-state index in [1.165, 1.54) is 0 Å². The first-order chi connectivity index (χ1) is 8.08. The van der Waals surface area contributed by atoms with Crippen LogP contribution in [-0.2, 0) is 0 Å². The molecule has 2 atom stereocenters. The first kappa shape index (κ1) is 12.4. The summed E-state index contributed by atoms with van der Waals surface area (Å²) in [6, 6.07) is 7.93. The molecule has 0 aliphatic carbocycles. The van der Waals surface area contributed by atoms with Crippen LogP contribution in [0, 0.1) is 5.92 Å². The fourth-order valence-electron chi connectivity index (χ4n) is 2.42. The zero-order valence-electron chi connectivity index (χ0n) is 9.77. The highest BCUT2D eigenvalue weighted by Gasteiger charge is 2.30. The van der Waals surface area contributed by atoms with E-state index >= 15 is 0 Å². The van der Waals surface area contributed by atoms with E-state index < -0.39 is 6.09 Å². The van der Waals surface area contributed by atoms with Crippen LogP contribution in [0.25, 0.3) is 0 Å². The van der Waals surface area contributed by atoms with Gasteiger partial charge in [0.05, 0.1) is 6.04 Å². The number of hydrogen-bond acceptors (Lipinski definition) is 1. The summed E-state index contributed by atoms with van der Waals surface area (Å²) >= 11 is 3.43. The lowest BCUT2D eigenvalue weighted by atomic mass is 9.90. The molecule has 3 nitrogen and oxygen atoms in total. The van der Waals surface area contributed by atoms with Crippen molar-refractivity contribution in [3.8, 4) is 0 Å². The molecule has 1 unspecified atom stereocenters. The normalized spacial score (nSPS) is 24.7. The summed E-state index contributed by atoms with van der Waals surface area (Å²) in [6.45, 7) is 2.74. The van der Waals surface area contributed by atoms with Crippen molar-refractivity contribution >= 4 is 22.0 Å². The standard InChI is InChI=1S/C13H16BrNO2/c1-9-5-6-12(15(8-9)13(16)17)10-3-2-4-11(14)7-10/h2-4,7,9,12H,5-6,8H2,1H3,(H,16,17)/t9?,12-/m0/s1. The van der Waals surface area contributed by atoms with E-state index in [1.54, 1.807) is 4.90 Å². The van der Waals surface area contributed by atoms with Crippen molar-refractivity contribution in [3.05, 3.63) is 34.3 Å². The molecule has 1 N–H and O–H groups in total. The molecule has 2 rings (SSSR count). The lowest BCUT2D eigenvalue weighted by Gasteiger charge is -2.37. The van der Waals surface area contributed by atoms with E-state index in [4.69, 9.17) is 0 Å². The Morgan fingerprint density at radius 2 is 2.24 bits per heavy atom. The Bertz CT molecular complexity index is 422. The molecule has 1 aromatic carbocycles. The second-order valence-corrected chi connectivity index (χ2v) is 5.60. The Labute approximate surface area is 110 Å². The number of carboxylic acid groups (broad SMARTS) is 1. The van der Waals surface area contributed by atoms with Gasteiger partial charge in [-0.15, -0.1) is 0 Å². The third-order valence-corrected chi connectivity index (χ3v) is 3.79. The monoisotopic (exact) mass is 297 g/mol. The van der Waals surface area contributed by atoms with Gasteiger partial charge in [0.15, 0.2) is 0 Å². The zero-order valence-corrected chi connectivity index (χ0v) is 11.4. The molecular formula is C13H16BrNO2. The van der Waals surface area contributed by atoms with E-state index in [0.29, 0.717) is 12.5 Å². The Morgan fingerprint density at radius 3 is 2.88 bits per heavy atom. The largest absolute Gasteiger partial charge is 0.465 e. The van der Waals surface area contributed by atoms with Crippen LogP contribution in [0.15, 0.2) is 28.7 Å². The molecule has 1 saturated heterocycles. The SMILES string of the molecule is CC1CC[C@@H](c2cccc(Br)c2)N(C(=O)O)C1. The quantitative estimate of drug-likeness (QED) is 0.854. The Kier molecular flexibility index (Phi) is 3.72. The van der Waals surface area contributed by atoms with Gasteiger partial charge in [0.1, 0.15) is 0 Å². The third kappa shape index (κ3) is 2.80. The first-order valence-corrected chi connectivity index (χ1v) is 6.62. The van der Waals surface area contributed by atoms with E-state index in [0.717, 1.165) is 22.9 Å². The number of carbonyl (C=O) groups is 1. The molecule has 92 valence electrons. The highest BCUT2D eigenvalue weighted by atomic mass is 79.9. The van der Waals surface area contributed by atoms with Crippen molar-refractivity contribution in [1.82, 2.24) is 4.90 Å². The molecule has 1 heterocycles. The summed E-state index contributed by atoms with van der Waals surface area (Å²) in [7, 11) is 0. The number of nitrogens with zero attached hydrogens (tertiary/aromatic N) is 1. The van der Waals surface area contributed by atoms with Gasteiger partial charge in [-0.3, -0.25) is 0 Å². The van der Waals surface area contributed by atoms with Crippen LogP contribution in [0.3, 0.4) is 0 Å². The Hall–Kier alpha value is -1.03. The van der Waals surface area contributed by atoms with Gasteiger partial charge < -0.3 is 10.0 Å². The fraction of sp³-hybridized carbons (Fsp3) is 0.462. The molecule has 1 aliphatic rings. The average molecular weight is 298 g/mol. The van der Waals surface area contributed by atoms with Crippen molar-refractivity contribution < 1.29 is 9.90 Å². The molecule has 1 aliphatic heterocycles. The molecule has 1 fully saturated rings. The van der Waals surface area contributed by atoms with Crippen molar-refractivity contribution in [2.75, 3.05) is 6.54 Å².